The van der Waals surface area contributed by atoms with Gasteiger partial charge in [0.15, 0.2) is 0 Å². The third-order valence-corrected chi connectivity index (χ3v) is 8.31. The normalized spacial score (nSPS) is 10.5. The van der Waals surface area contributed by atoms with Gasteiger partial charge in [-0.25, -0.2) is 18.4 Å². The maximum Gasteiger partial charge on any atom is 0.338 e. The van der Waals surface area contributed by atoms with Crippen LogP contribution < -0.4 is 9.47 Å². The summed E-state index contributed by atoms with van der Waals surface area (Å²) in [6.07, 6.45) is 0. The summed E-state index contributed by atoms with van der Waals surface area (Å²) in [5.74, 6) is -0.848. The van der Waals surface area contributed by atoms with E-state index in [9.17, 15) is 13.6 Å². The van der Waals surface area contributed by atoms with Gasteiger partial charge in [-0.15, -0.1) is 0 Å². The second-order valence-electron chi connectivity index (χ2n) is 12.2. The van der Waals surface area contributed by atoms with Gasteiger partial charge in [-0.3, -0.25) is 0 Å². The average molecular weight is 682 g/mol. The van der Waals surface area contributed by atoms with E-state index in [-0.39, 0.29) is 11.3 Å². The Balaban J connectivity index is 0.000000198. The molecule has 0 atom stereocenters. The minimum Gasteiger partial charge on any atom is -0.488 e. The highest BCUT2D eigenvalue weighted by Crippen LogP contribution is 2.33. The molecule has 0 spiro atoms. The highest BCUT2D eigenvalue weighted by atomic mass is 19.1. The van der Waals surface area contributed by atoms with Gasteiger partial charge in [0, 0.05) is 0 Å². The van der Waals surface area contributed by atoms with E-state index in [1.54, 1.807) is 12.1 Å². The maximum absolute atomic E-state index is 14.0. The van der Waals surface area contributed by atoms with Crippen molar-refractivity contribution in [2.45, 2.75) is 40.9 Å². The zero-order valence-corrected chi connectivity index (χ0v) is 28.8. The van der Waals surface area contributed by atoms with Crippen LogP contribution >= 0.6 is 0 Å². The molecule has 6 aromatic carbocycles. The smallest absolute Gasteiger partial charge is 0.338 e. The van der Waals surface area contributed by atoms with E-state index in [1.807, 2.05) is 113 Å². The number of benzene rings is 6. The fourth-order valence-corrected chi connectivity index (χ4v) is 5.79. The molecule has 0 fully saturated rings. The number of rotatable bonds is 9. The van der Waals surface area contributed by atoms with Crippen molar-refractivity contribution in [1.82, 2.24) is 0 Å². The molecule has 256 valence electrons. The summed E-state index contributed by atoms with van der Waals surface area (Å²) in [6.45, 7) is 15.8. The highest BCUT2D eigenvalue weighted by Gasteiger charge is 2.14. The van der Waals surface area contributed by atoms with Crippen molar-refractivity contribution in [3.63, 3.8) is 0 Å². The molecule has 0 radical (unpaired) electrons. The molecule has 0 aliphatic carbocycles. The van der Waals surface area contributed by atoms with E-state index in [0.717, 1.165) is 61.6 Å². The predicted octanol–water partition coefficient (Wildman–Crippen LogP) is 11.6. The van der Waals surface area contributed by atoms with E-state index in [4.69, 9.17) is 21.2 Å². The second-order valence-corrected chi connectivity index (χ2v) is 12.2. The summed E-state index contributed by atoms with van der Waals surface area (Å²) in [5, 5.41) is 8.95. The number of hydrogen-bond acceptors (Lipinski definition) is 3. The first-order chi connectivity index (χ1) is 24.5. The summed E-state index contributed by atoms with van der Waals surface area (Å²) >= 11 is 0. The third-order valence-electron chi connectivity index (χ3n) is 8.31. The number of nitrogens with zero attached hydrogens (tertiary/aromatic N) is 1. The molecule has 51 heavy (non-hydrogen) atoms. The van der Waals surface area contributed by atoms with Crippen LogP contribution in [0.3, 0.4) is 0 Å². The number of aromatic carboxylic acids is 1. The Labute approximate surface area is 297 Å². The van der Waals surface area contributed by atoms with Crippen molar-refractivity contribution >= 4 is 11.7 Å². The van der Waals surface area contributed by atoms with Crippen molar-refractivity contribution in [3.05, 3.63) is 183 Å². The predicted molar refractivity (Wildman–Crippen MR) is 197 cm³/mol. The fourth-order valence-electron chi connectivity index (χ4n) is 5.79. The van der Waals surface area contributed by atoms with Gasteiger partial charge in [-0.05, 0) is 126 Å². The molecule has 0 amide bonds. The molecule has 6 aromatic rings. The van der Waals surface area contributed by atoms with Crippen LogP contribution in [-0.2, 0) is 13.2 Å². The lowest BCUT2D eigenvalue weighted by Gasteiger charge is -2.15. The minimum absolute atomic E-state index is 0.0417. The van der Waals surface area contributed by atoms with Crippen LogP contribution in [0.1, 0.15) is 43.7 Å². The molecule has 7 heteroatoms. The molecular formula is C44H37F2NO4. The van der Waals surface area contributed by atoms with Crippen molar-refractivity contribution < 1.29 is 28.2 Å². The van der Waals surface area contributed by atoms with Gasteiger partial charge in [0.2, 0.25) is 5.69 Å². The number of carboxylic acid groups (broad SMARTS) is 1. The van der Waals surface area contributed by atoms with Crippen molar-refractivity contribution in [1.29, 1.82) is 0 Å². The molecule has 0 heterocycles. The molecule has 0 bridgehead atoms. The Kier molecular flexibility index (Phi) is 11.6. The molecule has 5 nitrogen and oxygen atoms in total. The van der Waals surface area contributed by atoms with Gasteiger partial charge in [-0.2, -0.15) is 0 Å². The quantitative estimate of drug-likeness (QED) is 0.154. The summed E-state index contributed by atoms with van der Waals surface area (Å²) in [5.41, 5.74) is 8.92. The van der Waals surface area contributed by atoms with Crippen LogP contribution in [0.4, 0.5) is 14.5 Å². The first-order valence-corrected chi connectivity index (χ1v) is 16.3. The standard InChI is InChI=1S/C22H18FNO.C22H19FO3/c1-15-11-19(18-9-10-21(24-3)20(23)13-18)12-16(2)22(15)25-14-17-7-5-4-6-8-17;1-14-10-18(17-8-9-19(22(24)25)20(23)12-17)11-15(2)21(14)26-13-16-6-4-3-5-7-16/h4-13H,14H2,1-2H3;3-12H,13H2,1-2H3,(H,24,25). The Hall–Kier alpha value is -6.26. The third kappa shape index (κ3) is 9.05. The lowest BCUT2D eigenvalue weighted by atomic mass is 9.98. The molecule has 0 saturated heterocycles. The Morgan fingerprint density at radius 1 is 0.588 bits per heavy atom. The molecule has 6 rings (SSSR count). The summed E-state index contributed by atoms with van der Waals surface area (Å²) in [4.78, 5) is 14.1. The van der Waals surface area contributed by atoms with E-state index in [1.165, 1.54) is 24.3 Å². The van der Waals surface area contributed by atoms with Crippen LogP contribution in [-0.4, -0.2) is 11.1 Å². The van der Waals surface area contributed by atoms with Crippen molar-refractivity contribution in [3.8, 4) is 33.8 Å². The Morgan fingerprint density at radius 3 is 1.37 bits per heavy atom. The van der Waals surface area contributed by atoms with E-state index in [2.05, 4.69) is 4.85 Å². The zero-order valence-electron chi connectivity index (χ0n) is 28.8. The van der Waals surface area contributed by atoms with Gasteiger partial charge in [0.05, 0.1) is 12.1 Å². The largest absolute Gasteiger partial charge is 0.488 e. The minimum atomic E-state index is -1.27. The number of halogens is 2. The molecule has 0 aliphatic heterocycles. The van der Waals surface area contributed by atoms with Crippen LogP contribution in [0.5, 0.6) is 11.5 Å². The van der Waals surface area contributed by atoms with Crippen LogP contribution in [0.15, 0.2) is 121 Å². The van der Waals surface area contributed by atoms with Crippen molar-refractivity contribution in [2.24, 2.45) is 0 Å². The molecule has 0 saturated carbocycles. The number of carboxylic acids is 1. The first-order valence-electron chi connectivity index (χ1n) is 16.3. The highest BCUT2D eigenvalue weighted by molar-refractivity contribution is 5.88. The number of ether oxygens (including phenoxy) is 2. The van der Waals surface area contributed by atoms with E-state index < -0.39 is 17.6 Å². The van der Waals surface area contributed by atoms with Crippen LogP contribution in [0.25, 0.3) is 27.1 Å². The van der Waals surface area contributed by atoms with Gasteiger partial charge in [0.1, 0.15) is 36.3 Å². The Morgan fingerprint density at radius 2 is 1.00 bits per heavy atom. The SMILES string of the molecule is Cc1cc(-c2ccc(C(=O)O)c(F)c2)cc(C)c1OCc1ccccc1.[C-]#[N+]c1ccc(-c2cc(C)c(OCc3ccccc3)c(C)c2)cc1F. The molecule has 0 aliphatic rings. The average Bonchev–Trinajstić information content (AvgIpc) is 3.11. The van der Waals surface area contributed by atoms with Gasteiger partial charge < -0.3 is 14.6 Å². The van der Waals surface area contributed by atoms with Crippen molar-refractivity contribution in [2.75, 3.05) is 0 Å². The van der Waals surface area contributed by atoms with Gasteiger partial charge in [0.25, 0.3) is 0 Å². The first kappa shape index (κ1) is 36.0. The fraction of sp³-hybridized carbons (Fsp3) is 0.136. The monoisotopic (exact) mass is 681 g/mol. The summed E-state index contributed by atoms with van der Waals surface area (Å²) in [7, 11) is 0. The van der Waals surface area contributed by atoms with E-state index >= 15 is 0 Å². The zero-order chi connectivity index (χ0) is 36.5. The summed E-state index contributed by atoms with van der Waals surface area (Å²) < 4.78 is 39.8. The van der Waals surface area contributed by atoms with Gasteiger partial charge in [-0.1, -0.05) is 78.9 Å². The van der Waals surface area contributed by atoms with E-state index in [0.29, 0.717) is 18.8 Å². The molecular weight excluding hydrogens is 644 g/mol. The Bertz CT molecular complexity index is 2160. The second kappa shape index (κ2) is 16.4. The summed E-state index contributed by atoms with van der Waals surface area (Å²) in [6, 6.07) is 36.6. The van der Waals surface area contributed by atoms with Crippen LogP contribution in [0, 0.1) is 45.9 Å². The topological polar surface area (TPSA) is 60.1 Å². The molecule has 1 N–H and O–H groups in total. The number of hydrogen-bond donors (Lipinski definition) is 1. The molecule has 0 unspecified atom stereocenters. The van der Waals surface area contributed by atoms with Gasteiger partial charge >= 0.3 is 5.97 Å². The number of carbonyl (C=O) groups is 1. The van der Waals surface area contributed by atoms with Crippen LogP contribution in [0.2, 0.25) is 0 Å². The maximum atomic E-state index is 14.0. The number of aryl methyl sites for hydroxylation is 4. The molecule has 0 aromatic heterocycles. The lowest BCUT2D eigenvalue weighted by Crippen LogP contribution is -2.01. The lowest BCUT2D eigenvalue weighted by molar-refractivity contribution is 0.0692.